The number of halogens is 16. The summed E-state index contributed by atoms with van der Waals surface area (Å²) in [6.45, 7) is 11.4. The van der Waals surface area contributed by atoms with Gasteiger partial charge in [-0.05, 0) is 148 Å². The van der Waals surface area contributed by atoms with E-state index in [-0.39, 0.29) is 60.4 Å². The maximum absolute atomic E-state index is 15.4. The van der Waals surface area contributed by atoms with Gasteiger partial charge in [-0.1, -0.05) is 27.7 Å². The van der Waals surface area contributed by atoms with Gasteiger partial charge in [0, 0.05) is 120 Å². The van der Waals surface area contributed by atoms with Crippen LogP contribution in [0.2, 0.25) is 0 Å². The van der Waals surface area contributed by atoms with Crippen LogP contribution in [-0.2, 0) is 28.5 Å². The second-order valence-corrected chi connectivity index (χ2v) is 28.3. The van der Waals surface area contributed by atoms with Crippen LogP contribution >= 0.6 is 0 Å². The monoisotopic (exact) mass is 1530 g/mol. The summed E-state index contributed by atoms with van der Waals surface area (Å²) < 4.78 is 266. The SMILES string of the molecule is CCC1=C(C)C2=NC1=CC1=C(C)C3=C(O)CC(=C4NC(=CC5=NC(=C2)C(COC)=C5C)[C@@H](C)[C@@H]4CCC(=O)OCC(F)(F)C(F)(F)C(F)(F)C(F)(F)C(F)(F)C(F)(F)C(F)(F)C(F)(F)COC(=O)CC[C@@H]2C4=C5CC(O)=C6C5=NC(=C6C)C=C5N=C(C=C6N=C(C=C(N4)[C@H]2C)C(C)=C6COC)C(C)=C5CC)C3=N1. The summed E-state index contributed by atoms with van der Waals surface area (Å²) in [5.74, 6) is -72.3. The van der Waals surface area contributed by atoms with Gasteiger partial charge in [0.25, 0.3) is 0 Å². The molecular weight excluding hydrogens is 1460 g/mol. The largest absolute Gasteiger partial charge is 0.511 e. The maximum atomic E-state index is 15.4. The molecule has 578 valence electrons. The molecule has 10 aliphatic heterocycles. The van der Waals surface area contributed by atoms with Gasteiger partial charge in [-0.25, -0.2) is 30.0 Å². The van der Waals surface area contributed by atoms with Crippen LogP contribution in [0.15, 0.2) is 213 Å². The van der Waals surface area contributed by atoms with Gasteiger partial charge in [-0.2, -0.15) is 70.2 Å². The second-order valence-electron chi connectivity index (χ2n) is 28.3. The van der Waals surface area contributed by atoms with Gasteiger partial charge in [-0.15, -0.1) is 0 Å². The molecule has 0 amide bonds. The first-order chi connectivity index (χ1) is 50.4. The Hall–Kier alpha value is -9.20. The Morgan fingerprint density at radius 2 is 0.750 bits per heavy atom. The lowest BCUT2D eigenvalue weighted by atomic mass is 9.86. The predicted molar refractivity (Wildman–Crippen MR) is 368 cm³/mol. The van der Waals surface area contributed by atoms with Crippen LogP contribution in [0, 0.1) is 23.7 Å². The molecule has 12 aliphatic rings. The van der Waals surface area contributed by atoms with E-state index >= 15 is 70.2 Å². The van der Waals surface area contributed by atoms with Crippen LogP contribution in [-0.4, -0.2) is 144 Å². The van der Waals surface area contributed by atoms with Gasteiger partial charge >= 0.3 is 59.3 Å². The van der Waals surface area contributed by atoms with Crippen molar-refractivity contribution in [2.24, 2.45) is 53.6 Å². The first-order valence-electron chi connectivity index (χ1n) is 34.6. The molecule has 2 fully saturated rings. The number of ether oxygens (including phenoxy) is 4. The van der Waals surface area contributed by atoms with E-state index in [9.17, 15) is 19.8 Å². The third-order valence-corrected chi connectivity index (χ3v) is 22.0. The highest BCUT2D eigenvalue weighted by atomic mass is 19.4. The average molecular weight is 1530 g/mol. The topological polar surface area (TPSA) is 210 Å². The number of nitrogens with one attached hydrogen (secondary N) is 2. The predicted octanol–water partition coefficient (Wildman–Crippen LogP) is 17.4. The zero-order valence-electron chi connectivity index (χ0n) is 60.3. The van der Waals surface area contributed by atoms with Crippen molar-refractivity contribution in [3.8, 4) is 0 Å². The molecule has 32 heteroatoms. The highest BCUT2D eigenvalue weighted by Gasteiger charge is 2.95. The minimum absolute atomic E-state index is 0.109. The van der Waals surface area contributed by atoms with Gasteiger partial charge in [0.2, 0.25) is 0 Å². The molecule has 0 unspecified atom stereocenters. The highest BCUT2D eigenvalue weighted by molar-refractivity contribution is 6.23. The molecule has 108 heavy (non-hydrogen) atoms. The summed E-state index contributed by atoms with van der Waals surface area (Å²) in [5.41, 5.74) is 15.8. The van der Waals surface area contributed by atoms with Crippen LogP contribution in [0.4, 0.5) is 70.2 Å². The Morgan fingerprint density at radius 3 is 1.07 bits per heavy atom. The van der Waals surface area contributed by atoms with Crippen molar-refractivity contribution >= 4 is 46.2 Å². The Bertz CT molecular complexity index is 4510. The number of rotatable bonds is 23. The molecule has 0 radical (unpaired) electrons. The van der Waals surface area contributed by atoms with Gasteiger partial charge in [-0.3, -0.25) is 9.59 Å². The molecule has 0 spiro atoms. The molecule has 16 nitrogen and oxygen atoms in total. The molecule has 0 aromatic rings. The van der Waals surface area contributed by atoms with Crippen LogP contribution in [0.25, 0.3) is 0 Å². The van der Waals surface area contributed by atoms with E-state index in [1.807, 2.05) is 27.7 Å². The van der Waals surface area contributed by atoms with Crippen LogP contribution < -0.4 is 10.6 Å². The molecule has 10 heterocycles. The number of allylic oxidation sites excluding steroid dienone is 22. The number of carbonyl (C=O) groups excluding carboxylic acids is 2. The molecule has 4 atom stereocenters. The van der Waals surface area contributed by atoms with E-state index in [4.69, 9.17) is 39.4 Å². The first kappa shape index (κ1) is 78.4. The smallest absolute Gasteiger partial charge is 0.385 e. The van der Waals surface area contributed by atoms with E-state index in [0.29, 0.717) is 137 Å². The third-order valence-electron chi connectivity index (χ3n) is 22.0. The highest BCUT2D eigenvalue weighted by Crippen LogP contribution is 2.64. The number of aliphatic hydroxyl groups is 2. The Balaban J connectivity index is 0.733. The van der Waals surface area contributed by atoms with Gasteiger partial charge < -0.3 is 39.8 Å². The number of hydrogen-bond acceptors (Lipinski definition) is 16. The van der Waals surface area contributed by atoms with Crippen LogP contribution in [0.1, 0.15) is 121 Å². The molecule has 16 bridgehead atoms. The van der Waals surface area contributed by atoms with E-state index < -0.39 is 122 Å². The normalized spacial score (nSPS) is 23.4. The summed E-state index contributed by atoms with van der Waals surface area (Å²) in [6.07, 6.45) is 8.02. The number of fused-ring (bicyclic) bond motifs is 10. The van der Waals surface area contributed by atoms with Gasteiger partial charge in [0.05, 0.1) is 81.7 Å². The lowest BCUT2D eigenvalue weighted by molar-refractivity contribution is -0.454. The van der Waals surface area contributed by atoms with Crippen molar-refractivity contribution in [1.29, 1.82) is 0 Å². The Kier molecular flexibility index (Phi) is 19.9. The van der Waals surface area contributed by atoms with E-state index in [1.54, 1.807) is 78.0 Å². The van der Waals surface area contributed by atoms with E-state index in [0.717, 1.165) is 22.3 Å². The average Bonchev–Trinajstić information content (AvgIpc) is 1.13. The second kappa shape index (κ2) is 27.4. The summed E-state index contributed by atoms with van der Waals surface area (Å²) in [4.78, 5) is 55.9. The number of hydrogen-bond donors (Lipinski definition) is 4. The minimum Gasteiger partial charge on any atom is -0.511 e. The fourth-order valence-electron chi connectivity index (χ4n) is 15.4. The van der Waals surface area contributed by atoms with Gasteiger partial charge in [0.15, 0.2) is 13.2 Å². The van der Waals surface area contributed by atoms with Crippen molar-refractivity contribution in [3.05, 3.63) is 183 Å². The molecule has 12 rings (SSSR count). The van der Waals surface area contributed by atoms with Crippen molar-refractivity contribution in [3.63, 3.8) is 0 Å². The van der Waals surface area contributed by atoms with Crippen molar-refractivity contribution in [2.75, 3.05) is 40.6 Å². The maximum Gasteiger partial charge on any atom is 0.385 e. The number of carbonyl (C=O) groups is 2. The molecule has 4 N–H and O–H groups in total. The summed E-state index contributed by atoms with van der Waals surface area (Å²) in [6, 6.07) is 0. The number of nitrogens with zero attached hydrogens (tertiary/aromatic N) is 6. The first-order valence-corrected chi connectivity index (χ1v) is 34.6. The van der Waals surface area contributed by atoms with Crippen LogP contribution in [0.5, 0.6) is 0 Å². The van der Waals surface area contributed by atoms with Crippen molar-refractivity contribution < 1.29 is 109 Å². The zero-order valence-corrected chi connectivity index (χ0v) is 60.3. The molecule has 2 aliphatic carbocycles. The number of methoxy groups -OCH3 is 2. The Labute approximate surface area is 608 Å². The standard InChI is InChI=1S/C76H74F16N8O8/c1-13-39-31(3)49-23-57-45(27-105-11)35(7)47(95-57)21-51-33(5)41(65(97-51)43-19-59(101)63-37(9)53(99-67(43)63)25-55(39)93-49)15-17-61(103)107-29-69(77,78)71(81,82)73(85,86)75(89,90)76(91,92)74(87,88)72(83,84)70(79,80)30-108-62(104)18-16-42-34(6)52-22-48-36(8)46(28-106-12)58(96-48)24-50-32(4)40(14-2)56(94-50)26-54-38(10)64-60(102)20-44(66(42)98-52)68(64)100-54/h21-26,33-34,41-42,97-98,101-102H,13-20,27-30H2,1-12H3/t33-,34-,41-,42-/m0/s1. The fraction of sp³-hybridized carbons (Fsp3) is 0.474. The van der Waals surface area contributed by atoms with Gasteiger partial charge in [0.1, 0.15) is 11.5 Å². The van der Waals surface area contributed by atoms with E-state index in [2.05, 4.69) is 20.1 Å². The summed E-state index contributed by atoms with van der Waals surface area (Å²) in [5, 5.41) is 29.5. The number of aliphatic hydroxyl groups excluding tert-OH is 2. The number of alkyl halides is 16. The molecule has 0 aromatic carbocycles. The minimum atomic E-state index is -8.81. The quantitative estimate of drug-likeness (QED) is 0.0562. The zero-order chi connectivity index (χ0) is 79.2. The Morgan fingerprint density at radius 1 is 0.444 bits per heavy atom. The van der Waals surface area contributed by atoms with Crippen molar-refractivity contribution in [2.45, 2.75) is 168 Å². The fourth-order valence-corrected chi connectivity index (χ4v) is 15.4. The molecule has 2 saturated heterocycles. The van der Waals surface area contributed by atoms with Crippen LogP contribution in [0.3, 0.4) is 0 Å². The summed E-state index contributed by atoms with van der Waals surface area (Å²) in [7, 11) is 2.96. The molecular formula is C76H74F16N8O8. The lowest BCUT2D eigenvalue weighted by Gasteiger charge is -2.43. The number of esters is 2. The third kappa shape index (κ3) is 12.2. The summed E-state index contributed by atoms with van der Waals surface area (Å²) >= 11 is 0. The lowest BCUT2D eigenvalue weighted by Crippen LogP contribution is -2.75. The molecule has 0 saturated carbocycles. The van der Waals surface area contributed by atoms with E-state index in [1.165, 1.54) is 14.2 Å². The molecule has 0 aromatic heterocycles. The van der Waals surface area contributed by atoms with Crippen molar-refractivity contribution in [1.82, 2.24) is 10.6 Å². The number of aliphatic imine (C=N–C) groups is 6.